The van der Waals surface area contributed by atoms with Gasteiger partial charge in [0.1, 0.15) is 11.6 Å². The molecule has 0 fully saturated rings. The predicted molar refractivity (Wildman–Crippen MR) is 55.2 cm³/mol. The molecule has 0 amide bonds. The number of nitrogens with two attached hydrogens (primary N) is 1. The normalized spacial score (nSPS) is 13.5. The van der Waals surface area contributed by atoms with Gasteiger partial charge < -0.3 is 10.5 Å². The van der Waals surface area contributed by atoms with Gasteiger partial charge in [0.05, 0.1) is 13.0 Å². The number of ether oxygens (including phenoxy) is 1. The average molecular weight is 251 g/mol. The SMILES string of the molecule is CC(N)c1cc(F)ccc1OCCC(F)(F)F. The fourth-order valence-electron chi connectivity index (χ4n) is 1.28. The summed E-state index contributed by atoms with van der Waals surface area (Å²) in [5.74, 6) is -0.314. The summed E-state index contributed by atoms with van der Waals surface area (Å²) in [6.45, 7) is 1.10. The van der Waals surface area contributed by atoms with Crippen molar-refractivity contribution in [2.24, 2.45) is 5.73 Å². The van der Waals surface area contributed by atoms with E-state index < -0.39 is 31.1 Å². The van der Waals surface area contributed by atoms with Gasteiger partial charge in [0.15, 0.2) is 0 Å². The van der Waals surface area contributed by atoms with Crippen molar-refractivity contribution in [3.05, 3.63) is 29.6 Å². The third-order valence-corrected chi connectivity index (χ3v) is 2.11. The molecule has 0 aliphatic carbocycles. The Balaban J connectivity index is 2.70. The van der Waals surface area contributed by atoms with Gasteiger partial charge in [-0.3, -0.25) is 0 Å². The number of halogens is 4. The molecule has 0 bridgehead atoms. The van der Waals surface area contributed by atoms with E-state index in [1.54, 1.807) is 6.92 Å². The molecule has 0 heterocycles. The molecule has 0 aliphatic heterocycles. The minimum atomic E-state index is -4.27. The van der Waals surface area contributed by atoms with Crippen LogP contribution in [-0.2, 0) is 0 Å². The molecule has 0 saturated carbocycles. The molecule has 2 N–H and O–H groups in total. The summed E-state index contributed by atoms with van der Waals surface area (Å²) in [5, 5.41) is 0. The summed E-state index contributed by atoms with van der Waals surface area (Å²) < 4.78 is 53.6. The zero-order valence-electron chi connectivity index (χ0n) is 9.22. The van der Waals surface area contributed by atoms with Crippen LogP contribution in [0.3, 0.4) is 0 Å². The third kappa shape index (κ3) is 4.60. The zero-order valence-corrected chi connectivity index (χ0v) is 9.22. The Morgan fingerprint density at radius 2 is 2.00 bits per heavy atom. The average Bonchev–Trinajstić information content (AvgIpc) is 2.18. The van der Waals surface area contributed by atoms with Crippen molar-refractivity contribution >= 4 is 0 Å². The Labute approximate surface area is 96.4 Å². The third-order valence-electron chi connectivity index (χ3n) is 2.11. The minimum Gasteiger partial charge on any atom is -0.493 e. The molecule has 1 unspecified atom stereocenters. The van der Waals surface area contributed by atoms with Gasteiger partial charge in [-0.05, 0) is 25.1 Å². The monoisotopic (exact) mass is 251 g/mol. The van der Waals surface area contributed by atoms with Crippen LogP contribution in [0.15, 0.2) is 18.2 Å². The Hall–Kier alpha value is -1.30. The number of alkyl halides is 3. The molecule has 17 heavy (non-hydrogen) atoms. The Kier molecular flexibility index (Phi) is 4.34. The summed E-state index contributed by atoms with van der Waals surface area (Å²) >= 11 is 0. The van der Waals surface area contributed by atoms with Crippen LogP contribution in [0.2, 0.25) is 0 Å². The molecule has 0 saturated heterocycles. The van der Waals surface area contributed by atoms with E-state index in [-0.39, 0.29) is 5.75 Å². The van der Waals surface area contributed by atoms with E-state index in [1.807, 2.05) is 0 Å². The van der Waals surface area contributed by atoms with E-state index in [9.17, 15) is 17.6 Å². The van der Waals surface area contributed by atoms with Gasteiger partial charge in [-0.25, -0.2) is 4.39 Å². The first-order valence-electron chi connectivity index (χ1n) is 5.04. The van der Waals surface area contributed by atoms with Crippen LogP contribution in [-0.4, -0.2) is 12.8 Å². The van der Waals surface area contributed by atoms with Crippen molar-refractivity contribution in [2.45, 2.75) is 25.6 Å². The number of hydrogen-bond donors (Lipinski definition) is 1. The maximum atomic E-state index is 12.9. The van der Waals surface area contributed by atoms with E-state index in [2.05, 4.69) is 0 Å². The summed E-state index contributed by atoms with van der Waals surface area (Å²) in [5.41, 5.74) is 5.93. The maximum Gasteiger partial charge on any atom is 0.392 e. The molecule has 0 aromatic heterocycles. The van der Waals surface area contributed by atoms with E-state index in [4.69, 9.17) is 10.5 Å². The molecule has 0 spiro atoms. The predicted octanol–water partition coefficient (Wildman–Crippen LogP) is 3.18. The highest BCUT2D eigenvalue weighted by Crippen LogP contribution is 2.26. The summed E-state index contributed by atoms with van der Waals surface area (Å²) in [4.78, 5) is 0. The fraction of sp³-hybridized carbons (Fsp3) is 0.455. The van der Waals surface area contributed by atoms with Crippen molar-refractivity contribution in [3.8, 4) is 5.75 Å². The van der Waals surface area contributed by atoms with Gasteiger partial charge in [0, 0.05) is 11.6 Å². The number of hydrogen-bond acceptors (Lipinski definition) is 2. The zero-order chi connectivity index (χ0) is 13.1. The van der Waals surface area contributed by atoms with Crippen molar-refractivity contribution < 1.29 is 22.3 Å². The smallest absolute Gasteiger partial charge is 0.392 e. The Morgan fingerprint density at radius 1 is 1.35 bits per heavy atom. The minimum absolute atomic E-state index is 0.186. The van der Waals surface area contributed by atoms with E-state index in [0.717, 1.165) is 12.1 Å². The number of rotatable bonds is 4. The second kappa shape index (κ2) is 5.35. The summed E-state index contributed by atoms with van der Waals surface area (Å²) in [7, 11) is 0. The first kappa shape index (κ1) is 13.8. The first-order chi connectivity index (χ1) is 7.79. The van der Waals surface area contributed by atoms with Crippen molar-refractivity contribution in [2.75, 3.05) is 6.61 Å². The molecule has 1 atom stereocenters. The number of benzene rings is 1. The van der Waals surface area contributed by atoms with Gasteiger partial charge in [0.25, 0.3) is 0 Å². The lowest BCUT2D eigenvalue weighted by Gasteiger charge is -2.14. The second-order valence-corrected chi connectivity index (χ2v) is 3.68. The Morgan fingerprint density at radius 3 is 2.53 bits per heavy atom. The molecule has 0 aliphatic rings. The molecular weight excluding hydrogens is 238 g/mol. The highest BCUT2D eigenvalue weighted by atomic mass is 19.4. The maximum absolute atomic E-state index is 12.9. The molecule has 6 heteroatoms. The quantitative estimate of drug-likeness (QED) is 0.834. The molecular formula is C11H13F4NO. The molecule has 0 radical (unpaired) electrons. The van der Waals surface area contributed by atoms with Crippen molar-refractivity contribution in [1.29, 1.82) is 0 Å². The van der Waals surface area contributed by atoms with E-state index in [1.165, 1.54) is 6.07 Å². The molecule has 1 rings (SSSR count). The molecule has 1 aromatic carbocycles. The van der Waals surface area contributed by atoms with Crippen molar-refractivity contribution in [1.82, 2.24) is 0 Å². The van der Waals surface area contributed by atoms with E-state index >= 15 is 0 Å². The topological polar surface area (TPSA) is 35.2 Å². The molecule has 1 aromatic rings. The van der Waals surface area contributed by atoms with Crippen LogP contribution < -0.4 is 10.5 Å². The summed E-state index contributed by atoms with van der Waals surface area (Å²) in [6.07, 6.45) is -5.32. The second-order valence-electron chi connectivity index (χ2n) is 3.68. The summed E-state index contributed by atoms with van der Waals surface area (Å²) in [6, 6.07) is 3.05. The van der Waals surface area contributed by atoms with Crippen LogP contribution in [0.1, 0.15) is 24.9 Å². The van der Waals surface area contributed by atoms with Crippen LogP contribution in [0.25, 0.3) is 0 Å². The standard InChI is InChI=1S/C11H13F4NO/c1-7(16)9-6-8(12)2-3-10(9)17-5-4-11(13,14)15/h2-3,6-7H,4-5,16H2,1H3. The van der Waals surface area contributed by atoms with Gasteiger partial charge in [-0.1, -0.05) is 0 Å². The van der Waals surface area contributed by atoms with Crippen LogP contribution in [0.5, 0.6) is 5.75 Å². The highest BCUT2D eigenvalue weighted by Gasteiger charge is 2.27. The van der Waals surface area contributed by atoms with Crippen LogP contribution in [0.4, 0.5) is 17.6 Å². The van der Waals surface area contributed by atoms with Crippen molar-refractivity contribution in [3.63, 3.8) is 0 Å². The first-order valence-corrected chi connectivity index (χ1v) is 5.04. The van der Waals surface area contributed by atoms with Gasteiger partial charge in [0.2, 0.25) is 0 Å². The lowest BCUT2D eigenvalue weighted by atomic mass is 10.1. The van der Waals surface area contributed by atoms with Crippen LogP contribution in [0, 0.1) is 5.82 Å². The largest absolute Gasteiger partial charge is 0.493 e. The van der Waals surface area contributed by atoms with Gasteiger partial charge in [-0.15, -0.1) is 0 Å². The van der Waals surface area contributed by atoms with Crippen LogP contribution >= 0.6 is 0 Å². The van der Waals surface area contributed by atoms with Gasteiger partial charge in [-0.2, -0.15) is 13.2 Å². The lowest BCUT2D eigenvalue weighted by Crippen LogP contribution is -2.14. The highest BCUT2D eigenvalue weighted by molar-refractivity contribution is 5.36. The fourth-order valence-corrected chi connectivity index (χ4v) is 1.28. The molecule has 2 nitrogen and oxygen atoms in total. The Bertz CT molecular complexity index is 376. The lowest BCUT2D eigenvalue weighted by molar-refractivity contribution is -0.139. The van der Waals surface area contributed by atoms with Gasteiger partial charge >= 0.3 is 6.18 Å². The van der Waals surface area contributed by atoms with E-state index in [0.29, 0.717) is 5.56 Å². The molecule has 96 valence electrons.